The Morgan fingerprint density at radius 3 is 2.45 bits per heavy atom. The molecular formula is C24H25NO4. The van der Waals surface area contributed by atoms with E-state index in [9.17, 15) is 9.90 Å². The first-order chi connectivity index (χ1) is 14.1. The van der Waals surface area contributed by atoms with Crippen LogP contribution in [0.3, 0.4) is 0 Å². The SMILES string of the molecule is CCOc1cccc(CNc2cccc(C(=O)O)c2C)c1OCc1ccccc1. The standard InChI is InChI=1S/C24H25NO4/c1-3-28-22-14-7-11-19(23(22)29-16-18-9-5-4-6-10-18)15-25-21-13-8-12-20(17(21)2)24(26)27/h4-14,25H,3,15-16H2,1-2H3,(H,26,27). The molecule has 5 heteroatoms. The van der Waals surface area contributed by atoms with Crippen molar-refractivity contribution in [3.63, 3.8) is 0 Å². The third kappa shape index (κ3) is 5.08. The second kappa shape index (κ2) is 9.64. The van der Waals surface area contributed by atoms with Gasteiger partial charge in [0.15, 0.2) is 11.5 Å². The highest BCUT2D eigenvalue weighted by Gasteiger charge is 2.14. The minimum atomic E-state index is -0.934. The minimum Gasteiger partial charge on any atom is -0.490 e. The fourth-order valence-electron chi connectivity index (χ4n) is 3.11. The van der Waals surface area contributed by atoms with Crippen molar-refractivity contribution < 1.29 is 19.4 Å². The molecule has 3 aromatic rings. The Balaban J connectivity index is 1.82. The van der Waals surface area contributed by atoms with Crippen molar-refractivity contribution in [2.75, 3.05) is 11.9 Å². The third-order valence-corrected chi connectivity index (χ3v) is 4.62. The molecule has 0 spiro atoms. The number of carboxylic acids is 1. The van der Waals surface area contributed by atoms with Crippen molar-refractivity contribution >= 4 is 11.7 Å². The molecule has 0 aromatic heterocycles. The molecule has 0 aliphatic heterocycles. The van der Waals surface area contributed by atoms with Crippen molar-refractivity contribution in [1.29, 1.82) is 0 Å². The van der Waals surface area contributed by atoms with Gasteiger partial charge in [-0.1, -0.05) is 48.5 Å². The molecule has 29 heavy (non-hydrogen) atoms. The zero-order valence-corrected chi connectivity index (χ0v) is 16.6. The monoisotopic (exact) mass is 391 g/mol. The van der Waals surface area contributed by atoms with E-state index in [4.69, 9.17) is 9.47 Å². The number of aromatic carboxylic acids is 1. The van der Waals surface area contributed by atoms with E-state index in [1.54, 1.807) is 19.1 Å². The number of rotatable bonds is 9. The smallest absolute Gasteiger partial charge is 0.336 e. The predicted octanol–water partition coefficient (Wildman–Crippen LogP) is 5.28. The van der Waals surface area contributed by atoms with Crippen LogP contribution in [-0.4, -0.2) is 17.7 Å². The Bertz CT molecular complexity index is 970. The number of carboxylic acid groups (broad SMARTS) is 1. The van der Waals surface area contributed by atoms with Crippen LogP contribution in [0.5, 0.6) is 11.5 Å². The van der Waals surface area contributed by atoms with Crippen LogP contribution in [0.4, 0.5) is 5.69 Å². The zero-order valence-electron chi connectivity index (χ0n) is 16.6. The summed E-state index contributed by atoms with van der Waals surface area (Å²) in [5, 5.41) is 12.7. The van der Waals surface area contributed by atoms with Crippen LogP contribution in [-0.2, 0) is 13.2 Å². The van der Waals surface area contributed by atoms with Crippen LogP contribution in [0, 0.1) is 6.92 Å². The Hall–Kier alpha value is -3.47. The lowest BCUT2D eigenvalue weighted by molar-refractivity contribution is 0.0696. The molecule has 0 heterocycles. The number of para-hydroxylation sites is 1. The molecular weight excluding hydrogens is 366 g/mol. The lowest BCUT2D eigenvalue weighted by Crippen LogP contribution is -2.08. The maximum atomic E-state index is 11.4. The summed E-state index contributed by atoms with van der Waals surface area (Å²) < 4.78 is 11.9. The van der Waals surface area contributed by atoms with Crippen LogP contribution in [0.1, 0.15) is 34.0 Å². The Morgan fingerprint density at radius 2 is 1.72 bits per heavy atom. The molecule has 0 amide bonds. The molecule has 150 valence electrons. The van der Waals surface area contributed by atoms with E-state index >= 15 is 0 Å². The number of hydrogen-bond acceptors (Lipinski definition) is 4. The van der Waals surface area contributed by atoms with E-state index in [1.807, 2.05) is 61.5 Å². The Labute approximate surface area is 170 Å². The first-order valence-corrected chi connectivity index (χ1v) is 9.58. The molecule has 0 unspecified atom stereocenters. The lowest BCUT2D eigenvalue weighted by Gasteiger charge is -2.18. The van der Waals surface area contributed by atoms with Crippen LogP contribution >= 0.6 is 0 Å². The van der Waals surface area contributed by atoms with Gasteiger partial charge < -0.3 is 19.9 Å². The number of benzene rings is 3. The first kappa shape index (κ1) is 20.3. The molecule has 3 rings (SSSR count). The predicted molar refractivity (Wildman–Crippen MR) is 114 cm³/mol. The highest BCUT2D eigenvalue weighted by molar-refractivity contribution is 5.91. The molecule has 0 aliphatic rings. The topological polar surface area (TPSA) is 67.8 Å². The highest BCUT2D eigenvalue weighted by atomic mass is 16.5. The van der Waals surface area contributed by atoms with Gasteiger partial charge in [-0.2, -0.15) is 0 Å². The van der Waals surface area contributed by atoms with Crippen molar-refractivity contribution in [2.45, 2.75) is 27.0 Å². The summed E-state index contributed by atoms with van der Waals surface area (Å²) in [5.74, 6) is 0.452. The highest BCUT2D eigenvalue weighted by Crippen LogP contribution is 2.33. The van der Waals surface area contributed by atoms with Crippen molar-refractivity contribution in [3.8, 4) is 11.5 Å². The van der Waals surface area contributed by atoms with E-state index in [0.717, 1.165) is 16.8 Å². The van der Waals surface area contributed by atoms with Gasteiger partial charge in [-0.15, -0.1) is 0 Å². The first-order valence-electron chi connectivity index (χ1n) is 9.58. The minimum absolute atomic E-state index is 0.290. The van der Waals surface area contributed by atoms with Gasteiger partial charge >= 0.3 is 5.97 Å². The third-order valence-electron chi connectivity index (χ3n) is 4.62. The van der Waals surface area contributed by atoms with Gasteiger partial charge in [0, 0.05) is 17.8 Å². The average molecular weight is 391 g/mol. The van der Waals surface area contributed by atoms with Gasteiger partial charge in [0.1, 0.15) is 6.61 Å². The second-order valence-electron chi connectivity index (χ2n) is 6.59. The molecule has 3 aromatic carbocycles. The lowest BCUT2D eigenvalue weighted by atomic mass is 10.1. The quantitative estimate of drug-likeness (QED) is 0.519. The molecule has 0 radical (unpaired) electrons. The number of anilines is 1. The number of carbonyl (C=O) groups is 1. The van der Waals surface area contributed by atoms with Gasteiger partial charge in [0.2, 0.25) is 0 Å². The van der Waals surface area contributed by atoms with E-state index in [0.29, 0.717) is 42.4 Å². The second-order valence-corrected chi connectivity index (χ2v) is 6.59. The summed E-state index contributed by atoms with van der Waals surface area (Å²) in [6.07, 6.45) is 0. The molecule has 0 aliphatic carbocycles. The maximum Gasteiger partial charge on any atom is 0.336 e. The summed E-state index contributed by atoms with van der Waals surface area (Å²) >= 11 is 0. The summed E-state index contributed by atoms with van der Waals surface area (Å²) in [6, 6.07) is 21.0. The summed E-state index contributed by atoms with van der Waals surface area (Å²) in [7, 11) is 0. The number of ether oxygens (including phenoxy) is 2. The zero-order chi connectivity index (χ0) is 20.6. The van der Waals surface area contributed by atoms with E-state index in [2.05, 4.69) is 5.32 Å². The molecule has 0 atom stereocenters. The van der Waals surface area contributed by atoms with Crippen molar-refractivity contribution in [2.24, 2.45) is 0 Å². The van der Waals surface area contributed by atoms with Crippen LogP contribution < -0.4 is 14.8 Å². The molecule has 0 saturated carbocycles. The number of hydrogen-bond donors (Lipinski definition) is 2. The number of nitrogens with one attached hydrogen (secondary N) is 1. The average Bonchev–Trinajstić information content (AvgIpc) is 2.73. The van der Waals surface area contributed by atoms with Crippen LogP contribution in [0.25, 0.3) is 0 Å². The van der Waals surface area contributed by atoms with E-state index in [1.165, 1.54) is 0 Å². The largest absolute Gasteiger partial charge is 0.490 e. The summed E-state index contributed by atoms with van der Waals surface area (Å²) in [4.78, 5) is 11.4. The normalized spacial score (nSPS) is 10.4. The Kier molecular flexibility index (Phi) is 6.74. The maximum absolute atomic E-state index is 11.4. The van der Waals surface area contributed by atoms with Gasteiger partial charge in [0.25, 0.3) is 0 Å². The fourth-order valence-corrected chi connectivity index (χ4v) is 3.11. The molecule has 2 N–H and O–H groups in total. The van der Waals surface area contributed by atoms with E-state index in [-0.39, 0.29) is 0 Å². The fraction of sp³-hybridized carbons (Fsp3) is 0.208. The molecule has 5 nitrogen and oxygen atoms in total. The van der Waals surface area contributed by atoms with Crippen LogP contribution in [0.15, 0.2) is 66.7 Å². The van der Waals surface area contributed by atoms with Gasteiger partial charge in [-0.05, 0) is 43.2 Å². The van der Waals surface area contributed by atoms with Crippen molar-refractivity contribution in [3.05, 3.63) is 89.0 Å². The molecule has 0 bridgehead atoms. The van der Waals surface area contributed by atoms with Crippen LogP contribution in [0.2, 0.25) is 0 Å². The van der Waals surface area contributed by atoms with Gasteiger partial charge in [-0.3, -0.25) is 0 Å². The molecule has 0 saturated heterocycles. The van der Waals surface area contributed by atoms with Gasteiger partial charge in [-0.25, -0.2) is 4.79 Å². The van der Waals surface area contributed by atoms with E-state index < -0.39 is 5.97 Å². The Morgan fingerprint density at radius 1 is 0.966 bits per heavy atom. The molecule has 0 fully saturated rings. The van der Waals surface area contributed by atoms with Crippen molar-refractivity contribution in [1.82, 2.24) is 0 Å². The summed E-state index contributed by atoms with van der Waals surface area (Å²) in [5.41, 5.74) is 3.78. The summed E-state index contributed by atoms with van der Waals surface area (Å²) in [6.45, 7) is 5.20. The van der Waals surface area contributed by atoms with Gasteiger partial charge in [0.05, 0.1) is 12.2 Å².